The number of allylic oxidation sites excluding steroid dienone is 2. The van der Waals surface area contributed by atoms with Crippen molar-refractivity contribution in [3.8, 4) is 11.5 Å². The van der Waals surface area contributed by atoms with Crippen LogP contribution in [0.1, 0.15) is 0 Å². The Bertz CT molecular complexity index is 647. The Labute approximate surface area is 117 Å². The molecular weight excluding hydrogens is 252 g/mol. The van der Waals surface area contributed by atoms with Crippen LogP contribution in [0.3, 0.4) is 0 Å². The van der Waals surface area contributed by atoms with Crippen LogP contribution < -0.4 is 10.0 Å². The number of aromatic hydroxyl groups is 2. The summed E-state index contributed by atoms with van der Waals surface area (Å²) in [6.45, 7) is 0. The Balaban J connectivity index is 2.20. The average Bonchev–Trinajstić information content (AvgIpc) is 2.48. The lowest BCUT2D eigenvalue weighted by molar-refractivity contribution is 0.419. The van der Waals surface area contributed by atoms with Crippen LogP contribution in [0.5, 0.6) is 11.5 Å². The zero-order chi connectivity index (χ0) is 14.0. The Morgan fingerprint density at radius 3 is 1.85 bits per heavy atom. The molecule has 0 unspecified atom stereocenters. The van der Waals surface area contributed by atoms with E-state index in [4.69, 9.17) is 0 Å². The summed E-state index contributed by atoms with van der Waals surface area (Å²) in [4.78, 5) is 0. The second kappa shape index (κ2) is 4.75. The summed E-state index contributed by atoms with van der Waals surface area (Å²) < 4.78 is 0.194. The summed E-state index contributed by atoms with van der Waals surface area (Å²) in [6, 6.07) is 14.1. The molecule has 2 aromatic rings. The van der Waals surface area contributed by atoms with Crippen LogP contribution in [-0.4, -0.2) is 10.2 Å². The van der Waals surface area contributed by atoms with E-state index in [0.29, 0.717) is 0 Å². The number of nitrogens with one attached hydrogen (secondary N) is 1. The van der Waals surface area contributed by atoms with Crippen LogP contribution in [0.15, 0.2) is 73.1 Å². The van der Waals surface area contributed by atoms with Crippen molar-refractivity contribution in [2.75, 3.05) is 0 Å². The maximum absolute atomic E-state index is 9.73. The summed E-state index contributed by atoms with van der Waals surface area (Å²) in [5.41, 5.74) is 4.95. The largest absolute Gasteiger partial charge is 0.508 e. The molecule has 2 aromatic carbocycles. The summed E-state index contributed by atoms with van der Waals surface area (Å²) in [6.07, 6.45) is 7.59. The lowest BCUT2D eigenvalue weighted by atomic mass is 10.2. The molecule has 20 heavy (non-hydrogen) atoms. The van der Waals surface area contributed by atoms with E-state index >= 15 is 0 Å². The molecule has 0 amide bonds. The predicted molar refractivity (Wildman–Crippen MR) is 79.1 cm³/mol. The van der Waals surface area contributed by atoms with Gasteiger partial charge in [0.2, 0.25) is 0 Å². The smallest absolute Gasteiger partial charge is 0.170 e. The van der Waals surface area contributed by atoms with Gasteiger partial charge in [-0.3, -0.25) is 0 Å². The molecule has 4 nitrogen and oxygen atoms in total. The zero-order valence-electron chi connectivity index (χ0n) is 10.8. The van der Waals surface area contributed by atoms with Gasteiger partial charge in [0.1, 0.15) is 17.7 Å². The van der Waals surface area contributed by atoms with E-state index < -0.39 is 0 Å². The molecule has 0 saturated heterocycles. The van der Waals surface area contributed by atoms with E-state index in [2.05, 4.69) is 5.43 Å². The van der Waals surface area contributed by atoms with Crippen molar-refractivity contribution in [2.24, 2.45) is 0 Å². The van der Waals surface area contributed by atoms with Gasteiger partial charge < -0.3 is 10.2 Å². The van der Waals surface area contributed by atoms with Crippen LogP contribution in [0.2, 0.25) is 0 Å². The molecule has 1 aliphatic rings. The highest BCUT2D eigenvalue weighted by Crippen LogP contribution is 2.37. The standard InChI is InChI=1S/C16H14N2O2/c19-15-7-3-5-13(11-15)18(10-2-1-9-17-18)14-6-4-8-16(20)12-14/h1-12,17H,(H-,19,20)/p+1. The molecule has 3 N–H and O–H groups in total. The SMILES string of the molecule is Oc1cccc([N+]2(c3cccc(O)c3)C=CC=CN2)c1. The molecule has 1 aliphatic heterocycles. The first-order chi connectivity index (χ1) is 9.71. The van der Waals surface area contributed by atoms with E-state index in [1.807, 2.05) is 36.7 Å². The van der Waals surface area contributed by atoms with Gasteiger partial charge in [-0.2, -0.15) is 0 Å². The van der Waals surface area contributed by atoms with Gasteiger partial charge in [-0.25, -0.2) is 5.43 Å². The molecule has 0 saturated carbocycles. The highest BCUT2D eigenvalue weighted by Gasteiger charge is 2.32. The van der Waals surface area contributed by atoms with Crippen LogP contribution in [0.4, 0.5) is 11.4 Å². The van der Waals surface area contributed by atoms with Crippen molar-refractivity contribution in [3.63, 3.8) is 0 Å². The monoisotopic (exact) mass is 267 g/mol. The maximum Gasteiger partial charge on any atom is 0.170 e. The average molecular weight is 267 g/mol. The van der Waals surface area contributed by atoms with Crippen LogP contribution in [0.25, 0.3) is 0 Å². The topological polar surface area (TPSA) is 52.5 Å². The molecule has 0 aliphatic carbocycles. The molecule has 0 spiro atoms. The molecular formula is C16H15N2O2+. The lowest BCUT2D eigenvalue weighted by Crippen LogP contribution is -2.49. The van der Waals surface area contributed by atoms with Gasteiger partial charge in [-0.15, -0.1) is 4.59 Å². The van der Waals surface area contributed by atoms with Crippen molar-refractivity contribution >= 4 is 11.4 Å². The van der Waals surface area contributed by atoms with Gasteiger partial charge in [0.05, 0.1) is 6.20 Å². The minimum atomic E-state index is 0.194. The molecule has 0 bridgehead atoms. The normalized spacial score (nSPS) is 15.8. The summed E-state index contributed by atoms with van der Waals surface area (Å²) in [5, 5.41) is 19.5. The van der Waals surface area contributed by atoms with Gasteiger partial charge in [-0.05, 0) is 24.3 Å². The minimum Gasteiger partial charge on any atom is -0.508 e. The van der Waals surface area contributed by atoms with Gasteiger partial charge in [0.25, 0.3) is 0 Å². The molecule has 0 radical (unpaired) electrons. The molecule has 1 heterocycles. The van der Waals surface area contributed by atoms with E-state index in [9.17, 15) is 10.2 Å². The number of phenolic OH excluding ortho intramolecular Hbond substituents is 2. The first-order valence-electron chi connectivity index (χ1n) is 6.31. The third kappa shape index (κ3) is 2.02. The maximum atomic E-state index is 9.73. The number of quaternary nitrogens is 1. The Hall–Kier alpha value is -2.72. The zero-order valence-corrected chi connectivity index (χ0v) is 10.8. The third-order valence-corrected chi connectivity index (χ3v) is 3.27. The van der Waals surface area contributed by atoms with Crippen LogP contribution in [0, 0.1) is 0 Å². The quantitative estimate of drug-likeness (QED) is 0.732. The first-order valence-corrected chi connectivity index (χ1v) is 6.31. The number of rotatable bonds is 2. The molecule has 4 heteroatoms. The number of nitrogens with zero attached hydrogens (tertiary/aromatic N) is 1. The Morgan fingerprint density at radius 1 is 0.800 bits per heavy atom. The second-order valence-corrected chi connectivity index (χ2v) is 4.59. The van der Waals surface area contributed by atoms with Crippen molar-refractivity contribution < 1.29 is 10.2 Å². The van der Waals surface area contributed by atoms with Gasteiger partial charge in [0.15, 0.2) is 11.4 Å². The fourth-order valence-corrected chi connectivity index (χ4v) is 2.33. The summed E-state index contributed by atoms with van der Waals surface area (Å²) in [7, 11) is 0. The fourth-order valence-electron chi connectivity index (χ4n) is 2.33. The first kappa shape index (κ1) is 12.3. The highest BCUT2D eigenvalue weighted by molar-refractivity contribution is 5.63. The van der Waals surface area contributed by atoms with Crippen LogP contribution in [-0.2, 0) is 0 Å². The van der Waals surface area contributed by atoms with Crippen LogP contribution >= 0.6 is 0 Å². The van der Waals surface area contributed by atoms with E-state index in [1.54, 1.807) is 36.4 Å². The lowest BCUT2D eigenvalue weighted by Gasteiger charge is -2.33. The van der Waals surface area contributed by atoms with Gasteiger partial charge in [0, 0.05) is 24.3 Å². The molecule has 0 aromatic heterocycles. The van der Waals surface area contributed by atoms with Crippen molar-refractivity contribution in [3.05, 3.63) is 73.1 Å². The number of hydrogen-bond acceptors (Lipinski definition) is 3. The summed E-state index contributed by atoms with van der Waals surface area (Å²) >= 11 is 0. The minimum absolute atomic E-state index is 0.194. The van der Waals surface area contributed by atoms with Crippen molar-refractivity contribution in [1.29, 1.82) is 0 Å². The number of hydrogen-bond donors (Lipinski definition) is 3. The van der Waals surface area contributed by atoms with E-state index in [-0.39, 0.29) is 16.1 Å². The van der Waals surface area contributed by atoms with Gasteiger partial charge >= 0.3 is 0 Å². The number of benzene rings is 2. The Morgan fingerprint density at radius 2 is 1.40 bits per heavy atom. The highest BCUT2D eigenvalue weighted by atomic mass is 16.3. The summed E-state index contributed by atoms with van der Waals surface area (Å²) in [5.74, 6) is 0.398. The Kier molecular flexibility index (Phi) is 2.93. The fraction of sp³-hybridized carbons (Fsp3) is 0. The van der Waals surface area contributed by atoms with Crippen molar-refractivity contribution in [1.82, 2.24) is 10.0 Å². The molecule has 0 fully saturated rings. The molecule has 3 rings (SSSR count). The van der Waals surface area contributed by atoms with E-state index in [1.165, 1.54) is 0 Å². The molecule has 0 atom stereocenters. The second-order valence-electron chi connectivity index (χ2n) is 4.59. The number of phenols is 2. The van der Waals surface area contributed by atoms with Gasteiger partial charge in [-0.1, -0.05) is 12.1 Å². The van der Waals surface area contributed by atoms with E-state index in [0.717, 1.165) is 11.4 Å². The van der Waals surface area contributed by atoms with Crippen molar-refractivity contribution in [2.45, 2.75) is 0 Å². The predicted octanol–water partition coefficient (Wildman–Crippen LogP) is 3.28. The third-order valence-electron chi connectivity index (χ3n) is 3.27. The molecule has 100 valence electrons.